The van der Waals surface area contributed by atoms with Crippen molar-refractivity contribution in [3.63, 3.8) is 0 Å². The maximum Gasteiger partial charge on any atom is 0.129 e. The van der Waals surface area contributed by atoms with Crippen LogP contribution in [0.5, 0.6) is 0 Å². The highest BCUT2D eigenvalue weighted by Gasteiger charge is 2.07. The van der Waals surface area contributed by atoms with E-state index in [1.165, 1.54) is 6.26 Å². The minimum absolute atomic E-state index is 0.0492. The second-order valence-corrected chi connectivity index (χ2v) is 3.68. The highest BCUT2D eigenvalue weighted by molar-refractivity contribution is 6.30. The average Bonchev–Trinajstić information content (AvgIpc) is 2.69. The van der Waals surface area contributed by atoms with Crippen LogP contribution in [-0.4, -0.2) is 10.3 Å². The first-order valence-corrected chi connectivity index (χ1v) is 4.95. The third kappa shape index (κ3) is 2.37. The van der Waals surface area contributed by atoms with Crippen molar-refractivity contribution in [3.8, 4) is 0 Å². The number of aliphatic hydroxyl groups excluding tert-OH is 1. The molecule has 0 amide bonds. The zero-order valence-corrected chi connectivity index (χ0v) is 8.74. The number of nitrogens with zero attached hydrogens (tertiary/aromatic N) is 1. The van der Waals surface area contributed by atoms with Crippen LogP contribution in [0, 0.1) is 0 Å². The van der Waals surface area contributed by atoms with Crippen molar-refractivity contribution in [2.75, 3.05) is 0 Å². The molecule has 0 aliphatic heterocycles. The third-order valence-corrected chi connectivity index (χ3v) is 2.44. The second kappa shape index (κ2) is 4.47. The summed E-state index contributed by atoms with van der Waals surface area (Å²) in [5, 5.41) is 13.6. The van der Waals surface area contributed by atoms with E-state index in [1.807, 2.05) is 24.3 Å². The van der Waals surface area contributed by atoms with Crippen molar-refractivity contribution in [1.29, 1.82) is 0 Å². The summed E-state index contributed by atoms with van der Waals surface area (Å²) in [6, 6.07) is 7.52. The second-order valence-electron chi connectivity index (χ2n) is 3.25. The highest BCUT2D eigenvalue weighted by Crippen LogP contribution is 2.15. The van der Waals surface area contributed by atoms with Crippen LogP contribution in [0.3, 0.4) is 0 Å². The van der Waals surface area contributed by atoms with Gasteiger partial charge >= 0.3 is 0 Å². The van der Waals surface area contributed by atoms with Crippen LogP contribution in [0.25, 0.3) is 0 Å². The summed E-state index contributed by atoms with van der Waals surface area (Å²) < 4.78 is 4.80. The van der Waals surface area contributed by atoms with Gasteiger partial charge in [0.15, 0.2) is 0 Å². The zero-order chi connectivity index (χ0) is 10.7. The minimum Gasteiger partial charge on any atom is -0.391 e. The van der Waals surface area contributed by atoms with E-state index < -0.39 is 0 Å². The number of rotatable bonds is 3. The summed E-state index contributed by atoms with van der Waals surface area (Å²) in [5.74, 6) is 0. The molecule has 4 heteroatoms. The van der Waals surface area contributed by atoms with E-state index >= 15 is 0 Å². The molecule has 1 aromatic heterocycles. The van der Waals surface area contributed by atoms with Crippen molar-refractivity contribution in [2.24, 2.45) is 0 Å². The molecular formula is C11H10ClNO2. The van der Waals surface area contributed by atoms with Crippen molar-refractivity contribution in [1.82, 2.24) is 5.16 Å². The summed E-state index contributed by atoms with van der Waals surface area (Å²) in [6.45, 7) is -0.0492. The summed E-state index contributed by atoms with van der Waals surface area (Å²) >= 11 is 5.78. The lowest BCUT2D eigenvalue weighted by Crippen LogP contribution is -1.93. The van der Waals surface area contributed by atoms with Crippen LogP contribution in [0.15, 0.2) is 35.1 Å². The van der Waals surface area contributed by atoms with Gasteiger partial charge in [0.2, 0.25) is 0 Å². The Kier molecular flexibility index (Phi) is 3.04. The topological polar surface area (TPSA) is 46.3 Å². The highest BCUT2D eigenvalue weighted by atomic mass is 35.5. The Morgan fingerprint density at radius 3 is 2.67 bits per heavy atom. The quantitative estimate of drug-likeness (QED) is 0.869. The van der Waals surface area contributed by atoms with E-state index in [0.29, 0.717) is 11.4 Å². The van der Waals surface area contributed by atoms with E-state index in [1.54, 1.807) is 0 Å². The summed E-state index contributed by atoms with van der Waals surface area (Å²) in [6.07, 6.45) is 2.11. The minimum atomic E-state index is -0.0492. The molecule has 1 heterocycles. The van der Waals surface area contributed by atoms with E-state index in [2.05, 4.69) is 5.16 Å². The number of halogens is 1. The number of aliphatic hydroxyl groups is 1. The zero-order valence-electron chi connectivity index (χ0n) is 7.98. The van der Waals surface area contributed by atoms with Gasteiger partial charge in [-0.25, -0.2) is 0 Å². The van der Waals surface area contributed by atoms with Crippen LogP contribution < -0.4 is 0 Å². The van der Waals surface area contributed by atoms with Gasteiger partial charge in [-0.15, -0.1) is 0 Å². The van der Waals surface area contributed by atoms with E-state index in [0.717, 1.165) is 16.8 Å². The molecule has 3 nitrogen and oxygen atoms in total. The molecule has 15 heavy (non-hydrogen) atoms. The summed E-state index contributed by atoms with van der Waals surface area (Å²) in [7, 11) is 0. The first-order valence-electron chi connectivity index (χ1n) is 4.57. The fourth-order valence-electron chi connectivity index (χ4n) is 1.35. The molecule has 1 aromatic carbocycles. The Hall–Kier alpha value is -1.32. The molecule has 0 aliphatic rings. The molecule has 0 saturated carbocycles. The lowest BCUT2D eigenvalue weighted by atomic mass is 10.1. The van der Waals surface area contributed by atoms with Crippen LogP contribution in [0.2, 0.25) is 5.02 Å². The Bertz CT molecular complexity index is 436. The number of hydrogen-bond acceptors (Lipinski definition) is 3. The van der Waals surface area contributed by atoms with Gasteiger partial charge in [0.05, 0.1) is 12.3 Å². The van der Waals surface area contributed by atoms with Crippen LogP contribution in [-0.2, 0) is 13.0 Å². The van der Waals surface area contributed by atoms with Gasteiger partial charge in [0.1, 0.15) is 6.26 Å². The molecule has 78 valence electrons. The maximum absolute atomic E-state index is 9.01. The number of benzene rings is 1. The molecule has 0 atom stereocenters. The molecule has 2 rings (SSSR count). The Balaban J connectivity index is 2.18. The third-order valence-electron chi connectivity index (χ3n) is 2.18. The number of hydrogen-bond donors (Lipinski definition) is 1. The molecule has 0 saturated heterocycles. The predicted octanol–water partition coefficient (Wildman–Crippen LogP) is 2.41. The lowest BCUT2D eigenvalue weighted by Gasteiger charge is -1.99. The van der Waals surface area contributed by atoms with E-state index in [9.17, 15) is 0 Å². The largest absolute Gasteiger partial charge is 0.391 e. The van der Waals surface area contributed by atoms with Crippen molar-refractivity contribution in [2.45, 2.75) is 13.0 Å². The molecule has 1 N–H and O–H groups in total. The normalized spacial score (nSPS) is 10.5. The molecule has 0 radical (unpaired) electrons. The van der Waals surface area contributed by atoms with Gasteiger partial charge in [-0.1, -0.05) is 28.9 Å². The van der Waals surface area contributed by atoms with Crippen molar-refractivity contribution in [3.05, 3.63) is 52.4 Å². The monoisotopic (exact) mass is 223 g/mol. The van der Waals surface area contributed by atoms with Gasteiger partial charge in [-0.05, 0) is 17.7 Å². The fourth-order valence-corrected chi connectivity index (χ4v) is 1.48. The standard InChI is InChI=1S/C11H10ClNO2/c12-10-3-1-8(2-4-10)5-11-9(6-14)7-15-13-11/h1-4,7,14H,5-6H2. The van der Waals surface area contributed by atoms with Gasteiger partial charge in [0.25, 0.3) is 0 Å². The molecule has 0 aliphatic carbocycles. The molecule has 2 aromatic rings. The maximum atomic E-state index is 9.01. The Labute approximate surface area is 92.3 Å². The summed E-state index contributed by atoms with van der Waals surface area (Å²) in [5.41, 5.74) is 2.58. The molecule has 0 fully saturated rings. The van der Waals surface area contributed by atoms with Crippen LogP contribution >= 0.6 is 11.6 Å². The molecule has 0 unspecified atom stereocenters. The average molecular weight is 224 g/mol. The van der Waals surface area contributed by atoms with Gasteiger partial charge in [-0.3, -0.25) is 0 Å². The Morgan fingerprint density at radius 1 is 1.27 bits per heavy atom. The van der Waals surface area contributed by atoms with E-state index in [-0.39, 0.29) is 6.61 Å². The fraction of sp³-hybridized carbons (Fsp3) is 0.182. The first kappa shape index (κ1) is 10.2. The Morgan fingerprint density at radius 2 is 2.00 bits per heavy atom. The van der Waals surface area contributed by atoms with Gasteiger partial charge < -0.3 is 9.63 Å². The smallest absolute Gasteiger partial charge is 0.129 e. The molecule has 0 spiro atoms. The van der Waals surface area contributed by atoms with Gasteiger partial charge in [-0.2, -0.15) is 0 Å². The number of aromatic nitrogens is 1. The van der Waals surface area contributed by atoms with Gasteiger partial charge in [0, 0.05) is 17.0 Å². The van der Waals surface area contributed by atoms with E-state index in [4.69, 9.17) is 21.2 Å². The predicted molar refractivity (Wildman–Crippen MR) is 56.7 cm³/mol. The molecule has 0 bridgehead atoms. The van der Waals surface area contributed by atoms with Crippen LogP contribution in [0.1, 0.15) is 16.8 Å². The van der Waals surface area contributed by atoms with Crippen molar-refractivity contribution < 1.29 is 9.63 Å². The SMILES string of the molecule is OCc1conc1Cc1ccc(Cl)cc1. The summed E-state index contributed by atoms with van der Waals surface area (Å²) in [4.78, 5) is 0. The lowest BCUT2D eigenvalue weighted by molar-refractivity contribution is 0.279. The molecular weight excluding hydrogens is 214 g/mol. The van der Waals surface area contributed by atoms with Crippen molar-refractivity contribution >= 4 is 11.6 Å². The van der Waals surface area contributed by atoms with Crippen LogP contribution in [0.4, 0.5) is 0 Å². The first-order chi connectivity index (χ1) is 7.29.